The molecule has 0 fully saturated rings. The van der Waals surface area contributed by atoms with Crippen molar-refractivity contribution in [2.45, 2.75) is 13.3 Å². The minimum Gasteiger partial charge on any atom is -0.282 e. The summed E-state index contributed by atoms with van der Waals surface area (Å²) in [6, 6.07) is 11.9. The van der Waals surface area contributed by atoms with E-state index in [-0.39, 0.29) is 0 Å². The van der Waals surface area contributed by atoms with Crippen LogP contribution in [0.4, 0.5) is 0 Å². The Morgan fingerprint density at radius 2 is 2.10 bits per heavy atom. The average Bonchev–Trinajstić information content (AvgIpc) is 2.87. The van der Waals surface area contributed by atoms with Crippen LogP contribution >= 0.6 is 11.6 Å². The quantitative estimate of drug-likeness (QED) is 0.789. The Kier molecular flexibility index (Phi) is 3.52. The first kappa shape index (κ1) is 12.9. The Morgan fingerprint density at radius 3 is 2.90 bits per heavy atom. The van der Waals surface area contributed by atoms with Crippen molar-refractivity contribution >= 4 is 11.6 Å². The second kappa shape index (κ2) is 5.47. The fourth-order valence-electron chi connectivity index (χ4n) is 2.26. The van der Waals surface area contributed by atoms with Crippen molar-refractivity contribution in [3.63, 3.8) is 0 Å². The molecule has 1 N–H and O–H groups in total. The average molecular weight is 284 g/mol. The van der Waals surface area contributed by atoms with Crippen LogP contribution in [0, 0.1) is 6.92 Å². The number of halogens is 1. The van der Waals surface area contributed by atoms with Crippen LogP contribution in [0.2, 0.25) is 5.02 Å². The Labute approximate surface area is 122 Å². The van der Waals surface area contributed by atoms with Crippen molar-refractivity contribution in [3.05, 3.63) is 70.8 Å². The number of rotatable bonds is 3. The molecule has 3 rings (SSSR count). The highest BCUT2D eigenvalue weighted by atomic mass is 35.5. The topological polar surface area (TPSA) is 41.6 Å². The molecule has 0 amide bonds. The number of pyridine rings is 1. The normalized spacial score (nSPS) is 10.7. The van der Waals surface area contributed by atoms with E-state index in [1.54, 1.807) is 0 Å². The van der Waals surface area contributed by atoms with Gasteiger partial charge in [0, 0.05) is 34.6 Å². The van der Waals surface area contributed by atoms with E-state index in [0.717, 1.165) is 39.5 Å². The van der Waals surface area contributed by atoms with Crippen LogP contribution in [0.5, 0.6) is 0 Å². The lowest BCUT2D eigenvalue weighted by molar-refractivity contribution is 0.997. The molecule has 0 aliphatic heterocycles. The Hall–Kier alpha value is -2.13. The molecule has 0 atom stereocenters. The number of nitrogens with one attached hydrogen (secondary N) is 1. The molecular formula is C16H14ClN3. The highest BCUT2D eigenvalue weighted by Crippen LogP contribution is 2.24. The first-order chi connectivity index (χ1) is 9.72. The van der Waals surface area contributed by atoms with Gasteiger partial charge in [-0.1, -0.05) is 23.7 Å². The number of hydrogen-bond acceptors (Lipinski definition) is 2. The van der Waals surface area contributed by atoms with Gasteiger partial charge in [0.15, 0.2) is 0 Å². The maximum Gasteiger partial charge on any atom is 0.0568 e. The molecule has 20 heavy (non-hydrogen) atoms. The largest absolute Gasteiger partial charge is 0.282 e. The molecule has 3 nitrogen and oxygen atoms in total. The van der Waals surface area contributed by atoms with Crippen LogP contribution in [0.1, 0.15) is 17.0 Å². The van der Waals surface area contributed by atoms with Gasteiger partial charge in [0.05, 0.1) is 6.20 Å². The molecule has 0 unspecified atom stereocenters. The molecule has 0 saturated heterocycles. The van der Waals surface area contributed by atoms with Crippen molar-refractivity contribution in [2.75, 3.05) is 0 Å². The predicted molar refractivity (Wildman–Crippen MR) is 80.8 cm³/mol. The Balaban J connectivity index is 1.94. The van der Waals surface area contributed by atoms with E-state index in [2.05, 4.69) is 27.3 Å². The van der Waals surface area contributed by atoms with Crippen LogP contribution in [0.25, 0.3) is 11.1 Å². The van der Waals surface area contributed by atoms with E-state index in [9.17, 15) is 0 Å². The molecule has 3 aromatic rings. The fraction of sp³-hybridized carbons (Fsp3) is 0.125. The summed E-state index contributed by atoms with van der Waals surface area (Å²) in [5.41, 5.74) is 5.47. The summed E-state index contributed by atoms with van der Waals surface area (Å²) in [5.74, 6) is 0. The van der Waals surface area contributed by atoms with Gasteiger partial charge >= 0.3 is 0 Å². The fourth-order valence-corrected chi connectivity index (χ4v) is 2.47. The van der Waals surface area contributed by atoms with E-state index in [1.807, 2.05) is 43.6 Å². The Bertz CT molecular complexity index is 734. The molecular weight excluding hydrogens is 270 g/mol. The molecule has 0 aliphatic rings. The van der Waals surface area contributed by atoms with Crippen LogP contribution in [-0.2, 0) is 6.42 Å². The second-order valence-electron chi connectivity index (χ2n) is 4.75. The minimum atomic E-state index is 0.753. The molecule has 0 aliphatic carbocycles. The summed E-state index contributed by atoms with van der Waals surface area (Å²) in [7, 11) is 0. The van der Waals surface area contributed by atoms with E-state index < -0.39 is 0 Å². The van der Waals surface area contributed by atoms with Crippen LogP contribution < -0.4 is 0 Å². The highest BCUT2D eigenvalue weighted by molar-refractivity contribution is 6.30. The molecule has 0 radical (unpaired) electrons. The summed E-state index contributed by atoms with van der Waals surface area (Å²) < 4.78 is 0. The number of H-pyrrole nitrogens is 1. The van der Waals surface area contributed by atoms with Gasteiger partial charge in [0.25, 0.3) is 0 Å². The van der Waals surface area contributed by atoms with Gasteiger partial charge in [-0.2, -0.15) is 5.10 Å². The third-order valence-electron chi connectivity index (χ3n) is 3.20. The van der Waals surface area contributed by atoms with Crippen molar-refractivity contribution < 1.29 is 0 Å². The Morgan fingerprint density at radius 1 is 1.20 bits per heavy atom. The van der Waals surface area contributed by atoms with E-state index in [0.29, 0.717) is 0 Å². The number of nitrogens with zero attached hydrogens (tertiary/aromatic N) is 2. The van der Waals surface area contributed by atoms with Gasteiger partial charge < -0.3 is 0 Å². The third kappa shape index (κ3) is 2.73. The number of benzene rings is 1. The number of hydrogen-bond donors (Lipinski definition) is 1. The van der Waals surface area contributed by atoms with Crippen LogP contribution in [-0.4, -0.2) is 15.2 Å². The van der Waals surface area contributed by atoms with Gasteiger partial charge in [-0.25, -0.2) is 0 Å². The summed E-state index contributed by atoms with van der Waals surface area (Å²) in [6.45, 7) is 1.99. The molecule has 2 aromatic heterocycles. The highest BCUT2D eigenvalue weighted by Gasteiger charge is 2.09. The molecule has 0 saturated carbocycles. The first-order valence-corrected chi connectivity index (χ1v) is 6.80. The second-order valence-corrected chi connectivity index (χ2v) is 5.19. The van der Waals surface area contributed by atoms with Gasteiger partial charge in [-0.15, -0.1) is 0 Å². The summed E-state index contributed by atoms with van der Waals surface area (Å²) in [6.07, 6.45) is 4.45. The van der Waals surface area contributed by atoms with Crippen molar-refractivity contribution in [1.82, 2.24) is 15.2 Å². The minimum absolute atomic E-state index is 0.753. The summed E-state index contributed by atoms with van der Waals surface area (Å²) in [5, 5.41) is 8.00. The summed E-state index contributed by atoms with van der Waals surface area (Å²) >= 11 is 6.03. The zero-order valence-corrected chi connectivity index (χ0v) is 11.9. The van der Waals surface area contributed by atoms with Gasteiger partial charge in [0.1, 0.15) is 0 Å². The van der Waals surface area contributed by atoms with E-state index in [1.165, 1.54) is 0 Å². The van der Waals surface area contributed by atoms with Crippen molar-refractivity contribution in [1.29, 1.82) is 0 Å². The molecule has 1 aromatic carbocycles. The summed E-state index contributed by atoms with van der Waals surface area (Å²) in [4.78, 5) is 4.23. The first-order valence-electron chi connectivity index (χ1n) is 6.42. The zero-order chi connectivity index (χ0) is 13.9. The SMILES string of the molecule is Cc1cc(-c2cn[nH]c2Cc2cccc(Cl)c2)ccn1. The molecule has 0 spiro atoms. The number of aromatic nitrogens is 3. The van der Waals surface area contributed by atoms with Gasteiger partial charge in [0.2, 0.25) is 0 Å². The van der Waals surface area contributed by atoms with Gasteiger partial charge in [-0.05, 0) is 42.3 Å². The lowest BCUT2D eigenvalue weighted by atomic mass is 10.0. The third-order valence-corrected chi connectivity index (χ3v) is 3.43. The van der Waals surface area contributed by atoms with Crippen LogP contribution in [0.3, 0.4) is 0 Å². The molecule has 4 heteroatoms. The smallest absolute Gasteiger partial charge is 0.0568 e. The number of aromatic amines is 1. The number of aryl methyl sites for hydroxylation is 1. The zero-order valence-electron chi connectivity index (χ0n) is 11.1. The standard InChI is InChI=1S/C16H14ClN3/c1-11-7-13(5-6-18-11)15-10-19-20-16(15)9-12-3-2-4-14(17)8-12/h2-8,10H,9H2,1H3,(H,19,20). The lowest BCUT2D eigenvalue weighted by Gasteiger charge is -2.05. The van der Waals surface area contributed by atoms with Crippen molar-refractivity contribution in [3.8, 4) is 11.1 Å². The maximum absolute atomic E-state index is 6.03. The van der Waals surface area contributed by atoms with Crippen molar-refractivity contribution in [2.24, 2.45) is 0 Å². The lowest BCUT2D eigenvalue weighted by Crippen LogP contribution is -1.92. The monoisotopic (exact) mass is 283 g/mol. The van der Waals surface area contributed by atoms with E-state index >= 15 is 0 Å². The molecule has 0 bridgehead atoms. The van der Waals surface area contributed by atoms with Crippen LogP contribution in [0.15, 0.2) is 48.8 Å². The predicted octanol–water partition coefficient (Wildman–Crippen LogP) is 4.02. The molecule has 100 valence electrons. The van der Waals surface area contributed by atoms with E-state index in [4.69, 9.17) is 11.6 Å². The van der Waals surface area contributed by atoms with Gasteiger partial charge in [-0.3, -0.25) is 10.1 Å². The molecule has 2 heterocycles. The maximum atomic E-state index is 6.03.